The van der Waals surface area contributed by atoms with Crippen molar-refractivity contribution in [3.05, 3.63) is 121 Å². The third kappa shape index (κ3) is 12.1. The zero-order valence-corrected chi connectivity index (χ0v) is 47.1. The molecule has 28 heteroatoms. The van der Waals surface area contributed by atoms with Crippen LogP contribution in [0, 0.1) is 0 Å². The molecular formula is C40H23N7Na4O13S4. The molecule has 0 unspecified atom stereocenters. The molecule has 0 fully saturated rings. The van der Waals surface area contributed by atoms with E-state index in [4.69, 9.17) is 5.73 Å². The Morgan fingerprint density at radius 1 is 0.397 bits per heavy atom. The standard InChI is InChI=1S/C40H27N7O13S4.4Na/c41-22-9-8-21-16-38(64(58,59)60)39(40(48)29(21)17-22)47-46-35-15-14-34(27-11-10-24(20-30(27)35)61(49,50)51)45-44-33-13-12-32(25-4-1-2-5-26(25)33)43-42-23-18-31-28(37(19-23)63(55,56)57)6-3-7-36(31)62(52,53)54;;;;/h1-20,48H,41H2,(H,49,50,51)(H,52,53,54)(H,55,56,57)(H,58,59,60);;;;/q;4*+1/p-4. The van der Waals surface area contributed by atoms with Gasteiger partial charge in [0.2, 0.25) is 0 Å². The van der Waals surface area contributed by atoms with Crippen LogP contribution in [0.25, 0.3) is 43.1 Å². The van der Waals surface area contributed by atoms with E-state index in [1.807, 2.05) is 0 Å². The van der Waals surface area contributed by atoms with Gasteiger partial charge in [-0.15, -0.1) is 25.6 Å². The average Bonchev–Trinajstić information content (AvgIpc) is 3.23. The van der Waals surface area contributed by atoms with Gasteiger partial charge in [-0.1, -0.05) is 48.5 Å². The summed E-state index contributed by atoms with van der Waals surface area (Å²) in [6.07, 6.45) is 0. The van der Waals surface area contributed by atoms with Crippen molar-refractivity contribution < 1.29 is 175 Å². The minimum absolute atomic E-state index is 0. The Labute approximate surface area is 475 Å². The Morgan fingerprint density at radius 2 is 0.897 bits per heavy atom. The quantitative estimate of drug-likeness (QED) is 0.0581. The van der Waals surface area contributed by atoms with Crippen molar-refractivity contribution in [2.45, 2.75) is 19.6 Å². The van der Waals surface area contributed by atoms with Crippen molar-refractivity contribution in [1.82, 2.24) is 0 Å². The normalized spacial score (nSPS) is 12.4. The maximum Gasteiger partial charge on any atom is 1.00 e. The summed E-state index contributed by atoms with van der Waals surface area (Å²) >= 11 is 0. The molecule has 68 heavy (non-hydrogen) atoms. The molecule has 20 nitrogen and oxygen atoms in total. The predicted molar refractivity (Wildman–Crippen MR) is 226 cm³/mol. The fraction of sp³-hybridized carbons (Fsp3) is 0. The van der Waals surface area contributed by atoms with Crippen LogP contribution in [0.5, 0.6) is 5.75 Å². The third-order valence-electron chi connectivity index (χ3n) is 9.69. The van der Waals surface area contributed by atoms with Crippen LogP contribution >= 0.6 is 0 Å². The minimum Gasteiger partial charge on any atom is -0.744 e. The molecule has 8 aromatic carbocycles. The number of aromatic hydroxyl groups is 1. The molecule has 0 heterocycles. The summed E-state index contributed by atoms with van der Waals surface area (Å²) in [5.74, 6) is -0.732. The molecule has 0 spiro atoms. The average molecular weight is 1030 g/mol. The largest absolute Gasteiger partial charge is 1.00 e. The first-order valence-electron chi connectivity index (χ1n) is 17.9. The number of azo groups is 3. The van der Waals surface area contributed by atoms with E-state index in [-0.39, 0.29) is 185 Å². The molecule has 0 aliphatic rings. The summed E-state index contributed by atoms with van der Waals surface area (Å²) in [7, 11) is -20.6. The number of rotatable bonds is 10. The van der Waals surface area contributed by atoms with E-state index in [2.05, 4.69) is 30.7 Å². The number of nitrogen functional groups attached to an aromatic ring is 1. The summed E-state index contributed by atoms with van der Waals surface area (Å²) in [6.45, 7) is 0. The fourth-order valence-corrected chi connectivity index (χ4v) is 9.37. The van der Waals surface area contributed by atoms with Crippen LogP contribution in [-0.2, 0) is 40.5 Å². The van der Waals surface area contributed by atoms with Gasteiger partial charge in [0.1, 0.15) is 46.2 Å². The summed E-state index contributed by atoms with van der Waals surface area (Å²) in [5, 5.41) is 36.6. The molecule has 0 saturated carbocycles. The molecule has 8 aromatic rings. The zero-order valence-electron chi connectivity index (χ0n) is 35.8. The van der Waals surface area contributed by atoms with Gasteiger partial charge < -0.3 is 29.1 Å². The number of hydrogen-bond donors (Lipinski definition) is 2. The smallest absolute Gasteiger partial charge is 0.744 e. The maximum atomic E-state index is 12.3. The number of nitrogens with two attached hydrogens (primary N) is 1. The van der Waals surface area contributed by atoms with Crippen molar-refractivity contribution in [1.29, 1.82) is 0 Å². The Morgan fingerprint density at radius 3 is 1.44 bits per heavy atom. The van der Waals surface area contributed by atoms with Crippen LogP contribution in [0.4, 0.5) is 39.8 Å². The number of phenols is 1. The Kier molecular flexibility index (Phi) is 18.6. The van der Waals surface area contributed by atoms with Gasteiger partial charge in [-0.25, -0.2) is 33.7 Å². The van der Waals surface area contributed by atoms with Crippen LogP contribution in [-0.4, -0.2) is 57.0 Å². The van der Waals surface area contributed by atoms with E-state index in [0.717, 1.165) is 42.5 Å². The van der Waals surface area contributed by atoms with Gasteiger partial charge in [0.25, 0.3) is 0 Å². The molecule has 0 bridgehead atoms. The molecular weight excluding hydrogens is 1010 g/mol. The number of benzene rings is 8. The van der Waals surface area contributed by atoms with Crippen molar-refractivity contribution in [3.63, 3.8) is 0 Å². The van der Waals surface area contributed by atoms with Crippen molar-refractivity contribution in [2.75, 3.05) is 5.73 Å². The zero-order chi connectivity index (χ0) is 45.9. The van der Waals surface area contributed by atoms with Crippen molar-refractivity contribution >= 4 is 123 Å². The molecule has 0 aliphatic carbocycles. The van der Waals surface area contributed by atoms with Crippen molar-refractivity contribution in [2.24, 2.45) is 30.7 Å². The number of fused-ring (bicyclic) bond motifs is 4. The van der Waals surface area contributed by atoms with Gasteiger partial charge in [0.05, 0.1) is 48.0 Å². The van der Waals surface area contributed by atoms with Gasteiger partial charge in [-0.2, -0.15) is 5.11 Å². The van der Waals surface area contributed by atoms with E-state index in [1.165, 1.54) is 54.6 Å². The first-order valence-corrected chi connectivity index (χ1v) is 23.5. The first kappa shape index (κ1) is 57.4. The minimum atomic E-state index is -5.24. The topological polar surface area (TPSA) is 349 Å². The molecule has 3 N–H and O–H groups in total. The predicted octanol–water partition coefficient (Wildman–Crippen LogP) is -3.53. The Hall–Kier alpha value is -3.16. The van der Waals surface area contributed by atoms with Crippen LogP contribution in [0.2, 0.25) is 0 Å². The van der Waals surface area contributed by atoms with Gasteiger partial charge in [0, 0.05) is 43.4 Å². The molecule has 8 rings (SSSR count). The molecule has 0 atom stereocenters. The Balaban J connectivity index is 0.00000252. The van der Waals surface area contributed by atoms with E-state index < -0.39 is 71.5 Å². The molecule has 0 saturated heterocycles. The van der Waals surface area contributed by atoms with E-state index in [9.17, 15) is 57.0 Å². The molecule has 0 aliphatic heterocycles. The molecule has 0 radical (unpaired) electrons. The number of phenolic OH excluding ortho intramolecular Hbond substituents is 1. The van der Waals surface area contributed by atoms with Gasteiger partial charge in [0.15, 0.2) is 5.75 Å². The van der Waals surface area contributed by atoms with Gasteiger partial charge in [-0.3, -0.25) is 0 Å². The Bertz CT molecular complexity index is 3910. The van der Waals surface area contributed by atoms with E-state index in [1.54, 1.807) is 24.3 Å². The monoisotopic (exact) mass is 1030 g/mol. The second kappa shape index (κ2) is 22.1. The van der Waals surface area contributed by atoms with Crippen LogP contribution in [0.1, 0.15) is 0 Å². The number of nitrogens with zero attached hydrogens (tertiary/aromatic N) is 6. The van der Waals surface area contributed by atoms with Gasteiger partial charge in [-0.05, 0) is 78.2 Å². The second-order valence-corrected chi connectivity index (χ2v) is 19.1. The summed E-state index contributed by atoms with van der Waals surface area (Å²) in [5.41, 5.74) is 5.49. The SMILES string of the molecule is Nc1ccc2cc(S(=O)(=O)[O-])c(N=Nc3ccc(N=Nc4ccc(N=Nc5cc(S(=O)(=O)[O-])c6cccc(S(=O)(=O)[O-])c6c5)c5ccccc45)c4ccc(S(=O)(=O)[O-])cc34)c(O)c2c1.[Na+].[Na+].[Na+].[Na+]. The fourth-order valence-electron chi connectivity index (χ4n) is 6.83. The summed E-state index contributed by atoms with van der Waals surface area (Å²) < 4.78 is 145. The van der Waals surface area contributed by atoms with E-state index >= 15 is 0 Å². The van der Waals surface area contributed by atoms with E-state index in [0.29, 0.717) is 10.8 Å². The van der Waals surface area contributed by atoms with Crippen LogP contribution in [0.15, 0.2) is 172 Å². The second-order valence-electron chi connectivity index (χ2n) is 13.7. The van der Waals surface area contributed by atoms with Crippen LogP contribution < -0.4 is 124 Å². The van der Waals surface area contributed by atoms with Crippen molar-refractivity contribution in [3.8, 4) is 5.75 Å². The number of anilines is 1. The maximum absolute atomic E-state index is 12.3. The third-order valence-corrected chi connectivity index (χ3v) is 13.1. The molecule has 324 valence electrons. The van der Waals surface area contributed by atoms with Crippen LogP contribution in [0.3, 0.4) is 0 Å². The first-order chi connectivity index (χ1) is 30.1. The molecule has 0 aromatic heterocycles. The summed E-state index contributed by atoms with van der Waals surface area (Å²) in [6, 6.07) is 25.9. The molecule has 0 amide bonds. The summed E-state index contributed by atoms with van der Waals surface area (Å²) in [4.78, 5) is -3.17. The van der Waals surface area contributed by atoms with Gasteiger partial charge >= 0.3 is 118 Å². The number of hydrogen-bond acceptors (Lipinski definition) is 20.